The third kappa shape index (κ3) is 4.44. The average Bonchev–Trinajstić information content (AvgIpc) is 3.01. The van der Waals surface area contributed by atoms with Crippen molar-refractivity contribution in [2.75, 3.05) is 7.11 Å². The molecule has 0 amide bonds. The Bertz CT molecular complexity index is 1070. The number of rotatable bonds is 4. The largest absolute Gasteiger partial charge is 0.457 e. The van der Waals surface area contributed by atoms with Crippen molar-refractivity contribution in [1.29, 1.82) is 5.26 Å². The third-order valence-corrected chi connectivity index (χ3v) is 14.7. The second-order valence-electron chi connectivity index (χ2n) is 13.4. The molecular weight excluding hydrogens is 498 g/mol. The quantitative estimate of drug-likeness (QED) is 0.272. The lowest BCUT2D eigenvalue weighted by atomic mass is 9.57. The van der Waals surface area contributed by atoms with Gasteiger partial charge < -0.3 is 18.6 Å². The summed E-state index contributed by atoms with van der Waals surface area (Å²) in [7, 11) is -0.622. The minimum atomic E-state index is -2.14. The van der Waals surface area contributed by atoms with E-state index in [1.54, 1.807) is 0 Å². The number of carbonyl (C=O) groups is 2. The van der Waals surface area contributed by atoms with E-state index in [1.807, 2.05) is 33.8 Å². The van der Waals surface area contributed by atoms with Gasteiger partial charge in [-0.3, -0.25) is 4.79 Å². The monoisotopic (exact) mass is 543 g/mol. The Balaban J connectivity index is 1.80. The highest BCUT2D eigenvalue weighted by Crippen LogP contribution is 2.60. The summed E-state index contributed by atoms with van der Waals surface area (Å²) in [5, 5.41) is 9.96. The summed E-state index contributed by atoms with van der Waals surface area (Å²) in [5.41, 5.74) is 0.0333. The number of methoxy groups -OCH3 is 1. The Labute approximate surface area is 229 Å². The summed E-state index contributed by atoms with van der Waals surface area (Å²) in [5.74, 6) is -2.25. The van der Waals surface area contributed by atoms with E-state index in [1.165, 1.54) is 7.11 Å². The second kappa shape index (κ2) is 9.99. The molecule has 0 aromatic rings. The van der Waals surface area contributed by atoms with Crippen molar-refractivity contribution in [2.24, 2.45) is 35.5 Å². The summed E-state index contributed by atoms with van der Waals surface area (Å²) < 4.78 is 25.4. The minimum Gasteiger partial charge on any atom is -0.457 e. The number of hydrogen-bond acceptors (Lipinski definition) is 7. The molecule has 0 N–H and O–H groups in total. The molecule has 4 aliphatic rings. The molecule has 11 atom stereocenters. The van der Waals surface area contributed by atoms with Gasteiger partial charge in [-0.15, -0.1) is 0 Å². The normalized spacial score (nSPS) is 43.4. The van der Waals surface area contributed by atoms with Crippen LogP contribution in [0, 0.1) is 46.8 Å². The lowest BCUT2D eigenvalue weighted by molar-refractivity contribution is -0.171. The Morgan fingerprint density at radius 3 is 2.45 bits per heavy atom. The molecule has 1 spiro atoms. The number of ether oxygens (including phenoxy) is 3. The van der Waals surface area contributed by atoms with Gasteiger partial charge in [0.05, 0.1) is 30.1 Å². The molecule has 2 aliphatic carbocycles. The molecule has 38 heavy (non-hydrogen) atoms. The summed E-state index contributed by atoms with van der Waals surface area (Å²) in [4.78, 5) is 27.3. The molecule has 4 bridgehead atoms. The highest BCUT2D eigenvalue weighted by molar-refractivity contribution is 6.74. The molecule has 1 saturated heterocycles. The van der Waals surface area contributed by atoms with Crippen molar-refractivity contribution in [3.05, 3.63) is 23.8 Å². The lowest BCUT2D eigenvalue weighted by Gasteiger charge is -2.46. The van der Waals surface area contributed by atoms with Gasteiger partial charge in [-0.2, -0.15) is 5.26 Å². The smallest absolute Gasteiger partial charge is 0.335 e. The van der Waals surface area contributed by atoms with Gasteiger partial charge in [0.2, 0.25) is 0 Å². The molecule has 0 aromatic carbocycles. The maximum Gasteiger partial charge on any atom is 0.335 e. The van der Waals surface area contributed by atoms with Crippen LogP contribution < -0.4 is 0 Å². The number of hydrogen-bond donors (Lipinski definition) is 0. The first-order valence-electron chi connectivity index (χ1n) is 14.0. The maximum atomic E-state index is 13.8. The van der Waals surface area contributed by atoms with Crippen molar-refractivity contribution < 1.29 is 28.2 Å². The highest BCUT2D eigenvalue weighted by atomic mass is 28.4. The van der Waals surface area contributed by atoms with Crippen LogP contribution >= 0.6 is 0 Å². The summed E-state index contributed by atoms with van der Waals surface area (Å²) in [6.45, 7) is 18.8. The minimum absolute atomic E-state index is 0.00442. The van der Waals surface area contributed by atoms with Crippen molar-refractivity contribution in [3.8, 4) is 6.07 Å². The zero-order valence-corrected chi connectivity index (χ0v) is 25.6. The van der Waals surface area contributed by atoms with Crippen LogP contribution in [0.25, 0.3) is 0 Å². The van der Waals surface area contributed by atoms with Crippen LogP contribution in [0.15, 0.2) is 23.8 Å². The SMILES string of the molecule is CO[C@H]1C[C@H]2C=C[C@H]3[C@H]4O[C@]2(/C(C)=C\[C@@H](C)[C@@H]([C@@H](C)O[Si](C)(C)C(C)(C)C)OC1=O)[C@@H]3C(=O)C(C)[C@H]4C#N. The molecule has 0 radical (unpaired) electrons. The van der Waals surface area contributed by atoms with Gasteiger partial charge >= 0.3 is 5.97 Å². The fourth-order valence-corrected chi connectivity index (χ4v) is 8.43. The maximum absolute atomic E-state index is 13.8. The van der Waals surface area contributed by atoms with Crippen LogP contribution in [0.4, 0.5) is 0 Å². The number of nitrogens with zero attached hydrogens (tertiary/aromatic N) is 1. The Morgan fingerprint density at radius 1 is 1.21 bits per heavy atom. The van der Waals surface area contributed by atoms with E-state index in [9.17, 15) is 14.9 Å². The van der Waals surface area contributed by atoms with Crippen LogP contribution in [0.3, 0.4) is 0 Å². The van der Waals surface area contributed by atoms with Crippen molar-refractivity contribution >= 4 is 20.1 Å². The molecule has 8 heteroatoms. The van der Waals surface area contributed by atoms with Crippen molar-refractivity contribution in [2.45, 2.75) is 103 Å². The van der Waals surface area contributed by atoms with E-state index in [0.29, 0.717) is 6.42 Å². The molecule has 2 heterocycles. The second-order valence-corrected chi connectivity index (χ2v) is 18.2. The number of nitriles is 1. The molecule has 0 aromatic heterocycles. The van der Waals surface area contributed by atoms with Gasteiger partial charge in [-0.25, -0.2) is 4.79 Å². The molecule has 7 nitrogen and oxygen atoms in total. The van der Waals surface area contributed by atoms with Gasteiger partial charge in [-0.05, 0) is 44.0 Å². The van der Waals surface area contributed by atoms with Gasteiger partial charge in [0, 0.05) is 30.8 Å². The van der Waals surface area contributed by atoms with E-state index in [4.69, 9.17) is 18.6 Å². The van der Waals surface area contributed by atoms with E-state index in [-0.39, 0.29) is 40.8 Å². The van der Waals surface area contributed by atoms with Gasteiger partial charge in [0.1, 0.15) is 17.5 Å². The van der Waals surface area contributed by atoms with Crippen LogP contribution in [-0.2, 0) is 28.2 Å². The summed E-state index contributed by atoms with van der Waals surface area (Å²) >= 11 is 0. The zero-order valence-electron chi connectivity index (χ0n) is 24.6. The average molecular weight is 544 g/mol. The molecule has 2 fully saturated rings. The van der Waals surface area contributed by atoms with Crippen molar-refractivity contribution in [3.63, 3.8) is 0 Å². The fourth-order valence-electron chi connectivity index (χ4n) is 7.01. The molecule has 4 rings (SSSR count). The number of Topliss-reactive ketones (excluding diaryl/α,β-unsaturated/α-hetero) is 1. The Kier molecular flexibility index (Phi) is 7.68. The van der Waals surface area contributed by atoms with Crippen LogP contribution in [-0.4, -0.2) is 57.2 Å². The number of esters is 1. The molecule has 2 aliphatic heterocycles. The van der Waals surface area contributed by atoms with Gasteiger partial charge in [0.15, 0.2) is 14.4 Å². The van der Waals surface area contributed by atoms with Crippen molar-refractivity contribution in [1.82, 2.24) is 0 Å². The van der Waals surface area contributed by atoms with E-state index >= 15 is 0 Å². The van der Waals surface area contributed by atoms with Crippen LogP contribution in [0.2, 0.25) is 18.1 Å². The van der Waals surface area contributed by atoms with Crippen LogP contribution in [0.1, 0.15) is 54.9 Å². The third-order valence-electron chi connectivity index (χ3n) is 10.1. The van der Waals surface area contributed by atoms with E-state index < -0.39 is 49.8 Å². The molecule has 1 saturated carbocycles. The molecule has 1 unspecified atom stereocenters. The summed E-state index contributed by atoms with van der Waals surface area (Å²) in [6.07, 6.45) is 4.50. The van der Waals surface area contributed by atoms with Gasteiger partial charge in [0.25, 0.3) is 0 Å². The number of ketones is 1. The molecular formula is C30H45NO6Si. The topological polar surface area (TPSA) is 94.8 Å². The van der Waals surface area contributed by atoms with Gasteiger partial charge in [-0.1, -0.05) is 52.8 Å². The lowest BCUT2D eigenvalue weighted by Crippen LogP contribution is -2.54. The molecule has 210 valence electrons. The Morgan fingerprint density at radius 2 is 1.87 bits per heavy atom. The first-order chi connectivity index (χ1) is 17.6. The number of cyclic esters (lactones) is 1. The van der Waals surface area contributed by atoms with E-state index in [2.05, 4.69) is 52.1 Å². The predicted molar refractivity (Wildman–Crippen MR) is 146 cm³/mol. The standard InChI is InChI=1S/C30H45NO6Si/c1-16-13-17(2)30-20(11-12-21-24(30)25(32)18(3)22(15-31)27(21)36-30)14-23(34-8)28(33)35-26(16)19(4)37-38(9,10)29(5,6)7/h11-13,16,18-24,26-27H,14H2,1-10H3/b17-13-/t16-,18?,19-,20-,21-,22-,23+,24+,26+,27-,30+/m1/s1. The Hall–Kier alpha value is -1.79. The van der Waals surface area contributed by atoms with Crippen LogP contribution in [0.5, 0.6) is 0 Å². The van der Waals surface area contributed by atoms with E-state index in [0.717, 1.165) is 5.57 Å². The summed E-state index contributed by atoms with van der Waals surface area (Å²) in [6, 6.07) is 2.36. The predicted octanol–water partition coefficient (Wildman–Crippen LogP) is 5.22. The first-order valence-corrected chi connectivity index (χ1v) is 16.9. The zero-order chi connectivity index (χ0) is 28.4. The first kappa shape index (κ1) is 29.2. The highest BCUT2D eigenvalue weighted by Gasteiger charge is 2.68. The number of carbonyl (C=O) groups excluding carboxylic acids is 2. The fraction of sp³-hybridized carbons (Fsp3) is 0.767.